The van der Waals surface area contributed by atoms with Crippen molar-refractivity contribution in [3.05, 3.63) is 35.9 Å². The molecule has 0 aliphatic carbocycles. The molecule has 0 N–H and O–H groups in total. The van der Waals surface area contributed by atoms with Gasteiger partial charge in [0.15, 0.2) is 0 Å². The summed E-state index contributed by atoms with van der Waals surface area (Å²) in [6.07, 6.45) is 3.76. The highest BCUT2D eigenvalue weighted by Gasteiger charge is 2.20. The van der Waals surface area contributed by atoms with Crippen LogP contribution in [0.3, 0.4) is 0 Å². The van der Waals surface area contributed by atoms with Crippen molar-refractivity contribution in [2.24, 2.45) is 0 Å². The van der Waals surface area contributed by atoms with Gasteiger partial charge in [0.05, 0.1) is 0 Å². The lowest BCUT2D eigenvalue weighted by atomic mass is 10.1. The Morgan fingerprint density at radius 1 is 1.13 bits per heavy atom. The van der Waals surface area contributed by atoms with Crippen molar-refractivity contribution in [3.63, 3.8) is 0 Å². The number of likely N-dealkylation sites (tertiary alicyclic amines) is 1. The Balaban J connectivity index is 1.96. The van der Waals surface area contributed by atoms with E-state index in [1.165, 1.54) is 31.5 Å². The second-order valence-corrected chi connectivity index (χ2v) is 4.55. The minimum absolute atomic E-state index is 0.525. The Bertz CT molecular complexity index is 280. The summed E-state index contributed by atoms with van der Waals surface area (Å²) in [5.41, 5.74) is 1.40. The second-order valence-electron chi connectivity index (χ2n) is 4.24. The molecule has 0 amide bonds. The zero-order valence-electron chi connectivity index (χ0n) is 9.03. The molecule has 1 aliphatic heterocycles. The summed E-state index contributed by atoms with van der Waals surface area (Å²) >= 11 is 6.06. The summed E-state index contributed by atoms with van der Waals surface area (Å²) < 4.78 is 0. The van der Waals surface area contributed by atoms with Gasteiger partial charge in [0.1, 0.15) is 0 Å². The van der Waals surface area contributed by atoms with Crippen molar-refractivity contribution >= 4 is 11.6 Å². The number of benzene rings is 1. The van der Waals surface area contributed by atoms with Gasteiger partial charge in [-0.1, -0.05) is 30.3 Å². The summed E-state index contributed by atoms with van der Waals surface area (Å²) in [6, 6.07) is 11.2. The topological polar surface area (TPSA) is 3.24 Å². The van der Waals surface area contributed by atoms with E-state index in [-0.39, 0.29) is 0 Å². The smallest absolute Gasteiger partial charge is 0.0382 e. The van der Waals surface area contributed by atoms with E-state index in [0.29, 0.717) is 6.04 Å². The maximum absolute atomic E-state index is 6.06. The predicted octanol–water partition coefficient (Wildman–Crippen LogP) is 2.93. The van der Waals surface area contributed by atoms with Gasteiger partial charge in [-0.25, -0.2) is 0 Å². The van der Waals surface area contributed by atoms with E-state index in [0.717, 1.165) is 12.3 Å². The van der Waals surface area contributed by atoms with Crippen molar-refractivity contribution in [3.8, 4) is 0 Å². The zero-order chi connectivity index (χ0) is 10.5. The van der Waals surface area contributed by atoms with Crippen LogP contribution < -0.4 is 0 Å². The molecule has 15 heavy (non-hydrogen) atoms. The quantitative estimate of drug-likeness (QED) is 0.710. The molecule has 1 heterocycles. The van der Waals surface area contributed by atoms with Crippen molar-refractivity contribution < 1.29 is 0 Å². The maximum Gasteiger partial charge on any atom is 0.0382 e. The Morgan fingerprint density at radius 3 is 2.40 bits per heavy atom. The number of hydrogen-bond donors (Lipinski definition) is 0. The van der Waals surface area contributed by atoms with E-state index >= 15 is 0 Å². The fourth-order valence-electron chi connectivity index (χ4n) is 2.27. The molecule has 0 aromatic heterocycles. The first-order valence-electron chi connectivity index (χ1n) is 5.74. The zero-order valence-corrected chi connectivity index (χ0v) is 9.79. The molecule has 1 atom stereocenters. The Labute approximate surface area is 97.0 Å². The molecule has 1 aromatic rings. The number of alkyl halides is 1. The highest BCUT2D eigenvalue weighted by molar-refractivity contribution is 6.18. The SMILES string of the molecule is ClCC(Cc1ccccc1)N1CCCC1. The highest BCUT2D eigenvalue weighted by atomic mass is 35.5. The van der Waals surface area contributed by atoms with E-state index in [9.17, 15) is 0 Å². The molecule has 0 spiro atoms. The van der Waals surface area contributed by atoms with E-state index in [2.05, 4.69) is 35.2 Å². The third kappa shape index (κ3) is 2.96. The van der Waals surface area contributed by atoms with Crippen LogP contribution in [-0.2, 0) is 6.42 Å². The maximum atomic E-state index is 6.06. The van der Waals surface area contributed by atoms with Gasteiger partial charge in [-0.3, -0.25) is 4.90 Å². The minimum atomic E-state index is 0.525. The first-order chi connectivity index (χ1) is 7.40. The van der Waals surface area contributed by atoms with Crippen LogP contribution in [0.1, 0.15) is 18.4 Å². The summed E-state index contributed by atoms with van der Waals surface area (Å²) in [6.45, 7) is 2.45. The summed E-state index contributed by atoms with van der Waals surface area (Å²) in [5.74, 6) is 0.745. The van der Waals surface area contributed by atoms with Crippen LogP contribution in [0.25, 0.3) is 0 Å². The molecule has 1 unspecified atom stereocenters. The van der Waals surface area contributed by atoms with E-state index in [1.54, 1.807) is 0 Å². The molecule has 0 bridgehead atoms. The molecule has 82 valence electrons. The van der Waals surface area contributed by atoms with E-state index in [4.69, 9.17) is 11.6 Å². The molecule has 1 fully saturated rings. The molecule has 0 radical (unpaired) electrons. The molecule has 1 nitrogen and oxygen atoms in total. The molecule has 1 aromatic carbocycles. The third-order valence-electron chi connectivity index (χ3n) is 3.15. The average molecular weight is 224 g/mol. The van der Waals surface area contributed by atoms with Gasteiger partial charge in [-0.05, 0) is 37.9 Å². The van der Waals surface area contributed by atoms with Crippen LogP contribution in [-0.4, -0.2) is 29.9 Å². The number of nitrogens with zero attached hydrogens (tertiary/aromatic N) is 1. The minimum Gasteiger partial charge on any atom is -0.299 e. The molecular weight excluding hydrogens is 206 g/mol. The first-order valence-corrected chi connectivity index (χ1v) is 6.27. The number of rotatable bonds is 4. The van der Waals surface area contributed by atoms with Crippen molar-refractivity contribution in [2.45, 2.75) is 25.3 Å². The van der Waals surface area contributed by atoms with Gasteiger partial charge in [0.25, 0.3) is 0 Å². The normalized spacial score (nSPS) is 19.3. The lowest BCUT2D eigenvalue weighted by Gasteiger charge is -2.25. The standard InChI is InChI=1S/C13H18ClN/c14-11-13(15-8-4-5-9-15)10-12-6-2-1-3-7-12/h1-3,6-7,13H,4-5,8-11H2. The average Bonchev–Trinajstić information content (AvgIpc) is 2.81. The van der Waals surface area contributed by atoms with E-state index in [1.807, 2.05) is 0 Å². The molecule has 1 aliphatic rings. The van der Waals surface area contributed by atoms with Crippen molar-refractivity contribution in [1.82, 2.24) is 4.90 Å². The molecule has 2 rings (SSSR count). The fraction of sp³-hybridized carbons (Fsp3) is 0.538. The van der Waals surface area contributed by atoms with Gasteiger partial charge < -0.3 is 0 Å². The molecular formula is C13H18ClN. The van der Waals surface area contributed by atoms with Crippen molar-refractivity contribution in [1.29, 1.82) is 0 Å². The highest BCUT2D eigenvalue weighted by Crippen LogP contribution is 2.16. The van der Waals surface area contributed by atoms with E-state index < -0.39 is 0 Å². The predicted molar refractivity (Wildman–Crippen MR) is 65.5 cm³/mol. The van der Waals surface area contributed by atoms with Gasteiger partial charge in [-0.15, -0.1) is 11.6 Å². The van der Waals surface area contributed by atoms with Gasteiger partial charge >= 0.3 is 0 Å². The Hall–Kier alpha value is -0.530. The molecule has 0 saturated carbocycles. The monoisotopic (exact) mass is 223 g/mol. The van der Waals surface area contributed by atoms with Crippen LogP contribution in [0.15, 0.2) is 30.3 Å². The third-order valence-corrected chi connectivity index (χ3v) is 3.51. The lowest BCUT2D eigenvalue weighted by molar-refractivity contribution is 0.260. The lowest BCUT2D eigenvalue weighted by Crippen LogP contribution is -2.35. The largest absolute Gasteiger partial charge is 0.299 e. The van der Waals surface area contributed by atoms with Crippen LogP contribution in [0, 0.1) is 0 Å². The number of hydrogen-bond acceptors (Lipinski definition) is 1. The van der Waals surface area contributed by atoms with Crippen molar-refractivity contribution in [2.75, 3.05) is 19.0 Å². The fourth-order valence-corrected chi connectivity index (χ4v) is 2.58. The van der Waals surface area contributed by atoms with Gasteiger partial charge in [0, 0.05) is 11.9 Å². The summed E-state index contributed by atoms with van der Waals surface area (Å²) in [5, 5.41) is 0. The Morgan fingerprint density at radius 2 is 1.80 bits per heavy atom. The van der Waals surface area contributed by atoms with Crippen LogP contribution in [0.4, 0.5) is 0 Å². The summed E-state index contributed by atoms with van der Waals surface area (Å²) in [7, 11) is 0. The Kier molecular flexibility index (Phi) is 4.04. The summed E-state index contributed by atoms with van der Waals surface area (Å²) in [4.78, 5) is 2.53. The molecule has 2 heteroatoms. The van der Waals surface area contributed by atoms with Gasteiger partial charge in [-0.2, -0.15) is 0 Å². The number of halogens is 1. The van der Waals surface area contributed by atoms with Crippen LogP contribution in [0.2, 0.25) is 0 Å². The molecule has 1 saturated heterocycles. The first kappa shape index (κ1) is 11.0. The van der Waals surface area contributed by atoms with Crippen LogP contribution in [0.5, 0.6) is 0 Å². The van der Waals surface area contributed by atoms with Crippen LogP contribution >= 0.6 is 11.6 Å². The van der Waals surface area contributed by atoms with Gasteiger partial charge in [0.2, 0.25) is 0 Å². The second kappa shape index (κ2) is 5.53.